The monoisotopic (exact) mass is 291 g/mol. The van der Waals surface area contributed by atoms with Gasteiger partial charge in [-0.05, 0) is 37.1 Å². The van der Waals surface area contributed by atoms with Crippen molar-refractivity contribution >= 4 is 11.6 Å². The third-order valence-corrected chi connectivity index (χ3v) is 3.38. The van der Waals surface area contributed by atoms with Gasteiger partial charge in [-0.3, -0.25) is 0 Å². The number of phenolic OH excluding ortho intramolecular Hbond substituents is 2. The SMILES string of the molecule is CC(Cc1cccc(Cl)c1)NCc1ccc(O)cc1O. The Morgan fingerprint density at radius 3 is 2.65 bits per heavy atom. The molecule has 0 aliphatic rings. The molecule has 2 aromatic carbocycles. The van der Waals surface area contributed by atoms with Crippen molar-refractivity contribution in [2.75, 3.05) is 0 Å². The van der Waals surface area contributed by atoms with Gasteiger partial charge in [0.1, 0.15) is 11.5 Å². The summed E-state index contributed by atoms with van der Waals surface area (Å²) < 4.78 is 0. The topological polar surface area (TPSA) is 52.5 Å². The molecule has 0 saturated carbocycles. The van der Waals surface area contributed by atoms with Crippen LogP contribution in [0.1, 0.15) is 18.1 Å². The highest BCUT2D eigenvalue weighted by atomic mass is 35.5. The van der Waals surface area contributed by atoms with Crippen LogP contribution in [0, 0.1) is 0 Å². The van der Waals surface area contributed by atoms with Crippen LogP contribution in [0.25, 0.3) is 0 Å². The summed E-state index contributed by atoms with van der Waals surface area (Å²) >= 11 is 5.96. The van der Waals surface area contributed by atoms with E-state index in [1.54, 1.807) is 12.1 Å². The van der Waals surface area contributed by atoms with Crippen LogP contribution >= 0.6 is 11.6 Å². The maximum Gasteiger partial charge on any atom is 0.123 e. The summed E-state index contributed by atoms with van der Waals surface area (Å²) in [6, 6.07) is 12.7. The average Bonchev–Trinajstić information content (AvgIpc) is 2.37. The maximum absolute atomic E-state index is 9.71. The Morgan fingerprint density at radius 1 is 1.15 bits per heavy atom. The van der Waals surface area contributed by atoms with Crippen LogP contribution in [0.5, 0.6) is 11.5 Å². The van der Waals surface area contributed by atoms with Gasteiger partial charge in [0.15, 0.2) is 0 Å². The number of nitrogens with one attached hydrogen (secondary N) is 1. The van der Waals surface area contributed by atoms with Gasteiger partial charge in [-0.25, -0.2) is 0 Å². The van der Waals surface area contributed by atoms with E-state index < -0.39 is 0 Å². The minimum Gasteiger partial charge on any atom is -0.508 e. The number of hydrogen-bond acceptors (Lipinski definition) is 3. The normalized spacial score (nSPS) is 12.3. The minimum atomic E-state index is 0.0678. The second-order valence-corrected chi connectivity index (χ2v) is 5.37. The third kappa shape index (κ3) is 4.15. The highest BCUT2D eigenvalue weighted by Crippen LogP contribution is 2.22. The van der Waals surface area contributed by atoms with Crippen molar-refractivity contribution in [3.63, 3.8) is 0 Å². The van der Waals surface area contributed by atoms with Gasteiger partial charge in [0.25, 0.3) is 0 Å². The summed E-state index contributed by atoms with van der Waals surface area (Å²) in [5.74, 6) is 0.172. The molecule has 0 bridgehead atoms. The maximum atomic E-state index is 9.71. The fourth-order valence-electron chi connectivity index (χ4n) is 2.08. The van der Waals surface area contributed by atoms with Crippen LogP contribution in [0.15, 0.2) is 42.5 Å². The molecule has 1 atom stereocenters. The summed E-state index contributed by atoms with van der Waals surface area (Å²) in [6.45, 7) is 2.63. The lowest BCUT2D eigenvalue weighted by atomic mass is 10.1. The predicted molar refractivity (Wildman–Crippen MR) is 81.2 cm³/mol. The van der Waals surface area contributed by atoms with E-state index in [0.717, 1.165) is 17.0 Å². The summed E-state index contributed by atoms with van der Waals surface area (Å²) in [6.07, 6.45) is 0.861. The molecule has 0 aliphatic carbocycles. The summed E-state index contributed by atoms with van der Waals surface area (Å²) in [5, 5.41) is 23.0. The Labute approximate surface area is 123 Å². The van der Waals surface area contributed by atoms with Crippen molar-refractivity contribution < 1.29 is 10.2 Å². The molecular formula is C16H18ClNO2. The number of phenols is 2. The quantitative estimate of drug-likeness (QED) is 0.790. The van der Waals surface area contributed by atoms with Gasteiger partial charge in [0.2, 0.25) is 0 Å². The van der Waals surface area contributed by atoms with Gasteiger partial charge in [0.05, 0.1) is 0 Å². The first-order chi connectivity index (χ1) is 9.54. The van der Waals surface area contributed by atoms with E-state index in [2.05, 4.69) is 12.2 Å². The molecule has 106 valence electrons. The van der Waals surface area contributed by atoms with E-state index in [-0.39, 0.29) is 17.5 Å². The fourth-order valence-corrected chi connectivity index (χ4v) is 2.29. The Bertz CT molecular complexity index is 586. The highest BCUT2D eigenvalue weighted by Gasteiger charge is 2.06. The van der Waals surface area contributed by atoms with E-state index in [0.29, 0.717) is 6.54 Å². The zero-order valence-corrected chi connectivity index (χ0v) is 12.1. The highest BCUT2D eigenvalue weighted by molar-refractivity contribution is 6.30. The number of halogens is 1. The molecule has 0 amide bonds. The van der Waals surface area contributed by atoms with Gasteiger partial charge in [-0.2, -0.15) is 0 Å². The van der Waals surface area contributed by atoms with Gasteiger partial charge in [0, 0.05) is 29.2 Å². The molecule has 0 saturated heterocycles. The summed E-state index contributed by atoms with van der Waals surface area (Å²) in [7, 11) is 0. The first-order valence-corrected chi connectivity index (χ1v) is 6.91. The molecule has 3 nitrogen and oxygen atoms in total. The van der Waals surface area contributed by atoms with Gasteiger partial charge >= 0.3 is 0 Å². The van der Waals surface area contributed by atoms with Crippen LogP contribution in [-0.4, -0.2) is 16.3 Å². The lowest BCUT2D eigenvalue weighted by Gasteiger charge is -2.15. The van der Waals surface area contributed by atoms with Crippen molar-refractivity contribution in [2.24, 2.45) is 0 Å². The van der Waals surface area contributed by atoms with Crippen molar-refractivity contribution in [3.05, 3.63) is 58.6 Å². The van der Waals surface area contributed by atoms with Crippen molar-refractivity contribution in [3.8, 4) is 11.5 Å². The Kier molecular flexibility index (Phi) is 4.88. The number of benzene rings is 2. The van der Waals surface area contributed by atoms with Gasteiger partial charge < -0.3 is 15.5 Å². The molecule has 2 aromatic rings. The molecule has 1 unspecified atom stereocenters. The zero-order valence-electron chi connectivity index (χ0n) is 11.3. The largest absolute Gasteiger partial charge is 0.508 e. The lowest BCUT2D eigenvalue weighted by Crippen LogP contribution is -2.27. The Hall–Kier alpha value is -1.71. The number of hydrogen-bond donors (Lipinski definition) is 3. The van der Waals surface area contributed by atoms with Crippen molar-refractivity contribution in [1.82, 2.24) is 5.32 Å². The molecule has 2 rings (SSSR count). The second kappa shape index (κ2) is 6.64. The predicted octanol–water partition coefficient (Wildman–Crippen LogP) is 3.47. The van der Waals surface area contributed by atoms with E-state index in [1.807, 2.05) is 24.3 Å². The van der Waals surface area contributed by atoms with Crippen molar-refractivity contribution in [2.45, 2.75) is 25.9 Å². The number of rotatable bonds is 5. The molecular weight excluding hydrogens is 274 g/mol. The molecule has 0 fully saturated rings. The molecule has 0 aliphatic heterocycles. The van der Waals surface area contributed by atoms with Crippen LogP contribution < -0.4 is 5.32 Å². The van der Waals surface area contributed by atoms with Crippen LogP contribution in [0.2, 0.25) is 5.02 Å². The first kappa shape index (κ1) is 14.7. The summed E-state index contributed by atoms with van der Waals surface area (Å²) in [4.78, 5) is 0. The standard InChI is InChI=1S/C16H18ClNO2/c1-11(7-12-3-2-4-14(17)8-12)18-10-13-5-6-15(19)9-16(13)20/h2-6,8-9,11,18-20H,7,10H2,1H3. The minimum absolute atomic E-state index is 0.0678. The molecule has 0 radical (unpaired) electrons. The van der Waals surface area contributed by atoms with E-state index in [9.17, 15) is 10.2 Å². The van der Waals surface area contributed by atoms with Gasteiger partial charge in [-0.15, -0.1) is 0 Å². The Balaban J connectivity index is 1.90. The van der Waals surface area contributed by atoms with Crippen LogP contribution in [0.4, 0.5) is 0 Å². The molecule has 0 aromatic heterocycles. The molecule has 0 spiro atoms. The molecule has 20 heavy (non-hydrogen) atoms. The molecule has 3 N–H and O–H groups in total. The zero-order chi connectivity index (χ0) is 14.5. The first-order valence-electron chi connectivity index (χ1n) is 6.53. The summed E-state index contributed by atoms with van der Waals surface area (Å²) in [5.41, 5.74) is 1.94. The lowest BCUT2D eigenvalue weighted by molar-refractivity contribution is 0.440. The number of aromatic hydroxyl groups is 2. The van der Waals surface area contributed by atoms with E-state index >= 15 is 0 Å². The Morgan fingerprint density at radius 2 is 1.95 bits per heavy atom. The second-order valence-electron chi connectivity index (χ2n) is 4.93. The smallest absolute Gasteiger partial charge is 0.123 e. The van der Waals surface area contributed by atoms with Gasteiger partial charge in [-0.1, -0.05) is 29.8 Å². The molecule has 4 heteroatoms. The van der Waals surface area contributed by atoms with Crippen LogP contribution in [-0.2, 0) is 13.0 Å². The fraction of sp³-hybridized carbons (Fsp3) is 0.250. The van der Waals surface area contributed by atoms with Crippen LogP contribution in [0.3, 0.4) is 0 Å². The average molecular weight is 292 g/mol. The van der Waals surface area contributed by atoms with E-state index in [1.165, 1.54) is 11.6 Å². The van der Waals surface area contributed by atoms with Crippen molar-refractivity contribution in [1.29, 1.82) is 0 Å². The molecule has 0 heterocycles. The third-order valence-electron chi connectivity index (χ3n) is 3.14. The van der Waals surface area contributed by atoms with E-state index in [4.69, 9.17) is 11.6 Å².